The minimum absolute atomic E-state index is 0.0580. The largest absolute Gasteiger partial charge is 0.305 e. The van der Waals surface area contributed by atoms with Gasteiger partial charge in [-0.1, -0.05) is 19.4 Å². The molecule has 5 unspecified atom stereocenters. The number of hydrogen-bond donors (Lipinski definition) is 1. The first-order chi connectivity index (χ1) is 10.4. The average Bonchev–Trinajstić information content (AvgIpc) is 2.75. The Morgan fingerprint density at radius 1 is 1.09 bits per heavy atom. The van der Waals surface area contributed by atoms with Crippen molar-refractivity contribution in [3.63, 3.8) is 0 Å². The van der Waals surface area contributed by atoms with Gasteiger partial charge in [0.05, 0.1) is 0 Å². The van der Waals surface area contributed by atoms with Crippen LogP contribution in [-0.4, -0.2) is 17.3 Å². The van der Waals surface area contributed by atoms with Crippen LogP contribution >= 0.6 is 0 Å². The molecule has 118 valence electrons. The fourth-order valence-electron chi connectivity index (χ4n) is 6.19. The van der Waals surface area contributed by atoms with Gasteiger partial charge in [-0.2, -0.15) is 0 Å². The summed E-state index contributed by atoms with van der Waals surface area (Å²) in [5.74, 6) is 1.51. The lowest BCUT2D eigenvalue weighted by atomic mass is 9.47. The molecule has 4 aliphatic rings. The van der Waals surface area contributed by atoms with Gasteiger partial charge >= 0.3 is 0 Å². The second-order valence-corrected chi connectivity index (χ2v) is 8.42. The van der Waals surface area contributed by atoms with Gasteiger partial charge in [0.1, 0.15) is 11.6 Å². The van der Waals surface area contributed by atoms with Crippen LogP contribution in [0.15, 0.2) is 11.6 Å². The van der Waals surface area contributed by atoms with Crippen LogP contribution in [0.25, 0.3) is 0 Å². The van der Waals surface area contributed by atoms with E-state index in [2.05, 4.69) is 6.92 Å². The van der Waals surface area contributed by atoms with Crippen molar-refractivity contribution in [1.29, 1.82) is 5.41 Å². The van der Waals surface area contributed by atoms with Gasteiger partial charge in [0.25, 0.3) is 0 Å². The molecule has 0 aliphatic heterocycles. The monoisotopic (exact) mass is 299 g/mol. The number of Topliss-reactive ketones (excluding diaryl/α,β-unsaturated/α-hetero) is 2. The number of hydrogen-bond acceptors (Lipinski definition) is 3. The summed E-state index contributed by atoms with van der Waals surface area (Å²) in [5.41, 5.74) is 1.61. The summed E-state index contributed by atoms with van der Waals surface area (Å²) in [6, 6.07) is 0. The standard InChI is InChI=1S/C19H25NO2/c1-18-8-7-12(20)9-11(18)3-4-13-14-5-6-16(22)19(14,2)10-15(21)17(13)18/h9,13-14,17,20H,3-8,10H2,1-2H3. The molecule has 4 aliphatic carbocycles. The van der Waals surface area contributed by atoms with Crippen molar-refractivity contribution in [1.82, 2.24) is 0 Å². The smallest absolute Gasteiger partial charge is 0.139 e. The number of carbonyl (C=O) groups excluding carboxylic acids is 2. The minimum Gasteiger partial charge on any atom is -0.305 e. The Labute approximate surface area is 132 Å². The van der Waals surface area contributed by atoms with Crippen molar-refractivity contribution < 1.29 is 9.59 Å². The molecule has 0 spiro atoms. The third kappa shape index (κ3) is 1.65. The molecule has 3 fully saturated rings. The average molecular weight is 299 g/mol. The summed E-state index contributed by atoms with van der Waals surface area (Å²) < 4.78 is 0. The maximum absolute atomic E-state index is 13.0. The topological polar surface area (TPSA) is 58.0 Å². The van der Waals surface area contributed by atoms with E-state index >= 15 is 0 Å². The van der Waals surface area contributed by atoms with Gasteiger partial charge in [0.2, 0.25) is 0 Å². The number of ketones is 2. The van der Waals surface area contributed by atoms with Gasteiger partial charge in [0.15, 0.2) is 0 Å². The Balaban J connectivity index is 1.77. The molecule has 0 aromatic carbocycles. The van der Waals surface area contributed by atoms with Crippen molar-refractivity contribution in [2.45, 2.75) is 58.8 Å². The molecule has 5 atom stereocenters. The zero-order chi connectivity index (χ0) is 15.7. The molecule has 4 rings (SSSR count). The van der Waals surface area contributed by atoms with Crippen molar-refractivity contribution in [2.24, 2.45) is 28.6 Å². The Hall–Kier alpha value is -1.25. The molecule has 1 N–H and O–H groups in total. The van der Waals surface area contributed by atoms with Gasteiger partial charge in [0, 0.05) is 29.9 Å². The Bertz CT molecular complexity index is 619. The molecule has 0 heterocycles. The highest BCUT2D eigenvalue weighted by Crippen LogP contribution is 2.63. The van der Waals surface area contributed by atoms with Crippen LogP contribution in [0.2, 0.25) is 0 Å². The SMILES string of the molecule is CC12CC(=O)C3C(CCC4=CC(=N)CCC43C)C1CCC2=O. The molecular formula is C19H25NO2. The van der Waals surface area contributed by atoms with E-state index in [0.29, 0.717) is 36.2 Å². The second kappa shape index (κ2) is 4.39. The Morgan fingerprint density at radius 3 is 2.64 bits per heavy atom. The van der Waals surface area contributed by atoms with Gasteiger partial charge < -0.3 is 5.41 Å². The molecule has 0 bridgehead atoms. The van der Waals surface area contributed by atoms with Crippen LogP contribution in [0.4, 0.5) is 0 Å². The molecule has 3 saturated carbocycles. The van der Waals surface area contributed by atoms with E-state index in [4.69, 9.17) is 5.41 Å². The zero-order valence-corrected chi connectivity index (χ0v) is 13.6. The quantitative estimate of drug-likeness (QED) is 0.741. The lowest BCUT2D eigenvalue weighted by molar-refractivity contribution is -0.149. The number of carbonyl (C=O) groups is 2. The summed E-state index contributed by atoms with van der Waals surface area (Å²) in [7, 11) is 0. The van der Waals surface area contributed by atoms with E-state index < -0.39 is 0 Å². The van der Waals surface area contributed by atoms with Crippen molar-refractivity contribution >= 4 is 17.3 Å². The van der Waals surface area contributed by atoms with E-state index in [1.54, 1.807) is 0 Å². The fourth-order valence-corrected chi connectivity index (χ4v) is 6.19. The summed E-state index contributed by atoms with van der Waals surface area (Å²) >= 11 is 0. The van der Waals surface area contributed by atoms with Gasteiger partial charge in [-0.3, -0.25) is 9.59 Å². The van der Waals surface area contributed by atoms with Gasteiger partial charge in [-0.25, -0.2) is 0 Å². The van der Waals surface area contributed by atoms with Crippen LogP contribution in [0.1, 0.15) is 58.8 Å². The number of rotatable bonds is 0. The fraction of sp³-hybridized carbons (Fsp3) is 0.737. The molecule has 3 heteroatoms. The van der Waals surface area contributed by atoms with E-state index in [9.17, 15) is 9.59 Å². The van der Waals surface area contributed by atoms with Gasteiger partial charge in [-0.05, 0) is 55.4 Å². The Morgan fingerprint density at radius 2 is 1.86 bits per heavy atom. The predicted molar refractivity (Wildman–Crippen MR) is 84.8 cm³/mol. The van der Waals surface area contributed by atoms with Gasteiger partial charge in [-0.15, -0.1) is 0 Å². The van der Waals surface area contributed by atoms with Crippen molar-refractivity contribution in [2.75, 3.05) is 0 Å². The lowest BCUT2D eigenvalue weighted by Gasteiger charge is -2.55. The summed E-state index contributed by atoms with van der Waals surface area (Å²) in [6.45, 7) is 4.30. The van der Waals surface area contributed by atoms with Crippen LogP contribution < -0.4 is 0 Å². The summed E-state index contributed by atoms with van der Waals surface area (Å²) in [6.07, 6.45) is 7.90. The lowest BCUT2D eigenvalue weighted by Crippen LogP contribution is -2.55. The molecule has 22 heavy (non-hydrogen) atoms. The molecule has 0 aromatic heterocycles. The zero-order valence-electron chi connectivity index (χ0n) is 13.6. The molecule has 0 amide bonds. The maximum Gasteiger partial charge on any atom is 0.139 e. The van der Waals surface area contributed by atoms with Crippen LogP contribution in [0.3, 0.4) is 0 Å². The predicted octanol–water partition coefficient (Wildman–Crippen LogP) is 3.72. The molecular weight excluding hydrogens is 274 g/mol. The molecule has 3 nitrogen and oxygen atoms in total. The first-order valence-corrected chi connectivity index (χ1v) is 8.71. The molecule has 0 aromatic rings. The van der Waals surface area contributed by atoms with Crippen molar-refractivity contribution in [3.05, 3.63) is 11.6 Å². The van der Waals surface area contributed by atoms with E-state index in [-0.39, 0.29) is 16.7 Å². The first-order valence-electron chi connectivity index (χ1n) is 8.71. The second-order valence-electron chi connectivity index (χ2n) is 8.42. The normalized spacial score (nSPS) is 47.6. The molecule has 0 radical (unpaired) electrons. The van der Waals surface area contributed by atoms with E-state index in [1.165, 1.54) is 5.57 Å². The third-order valence-corrected chi connectivity index (χ3v) is 7.40. The number of nitrogens with one attached hydrogen (secondary N) is 1. The first kappa shape index (κ1) is 14.3. The van der Waals surface area contributed by atoms with Crippen LogP contribution in [0, 0.1) is 34.0 Å². The van der Waals surface area contributed by atoms with E-state index in [1.807, 2.05) is 13.0 Å². The Kier molecular flexibility index (Phi) is 2.87. The van der Waals surface area contributed by atoms with Crippen molar-refractivity contribution in [3.8, 4) is 0 Å². The highest BCUT2D eigenvalue weighted by Gasteiger charge is 2.61. The highest BCUT2D eigenvalue weighted by molar-refractivity contribution is 5.97. The van der Waals surface area contributed by atoms with Crippen LogP contribution in [0.5, 0.6) is 0 Å². The summed E-state index contributed by atoms with van der Waals surface area (Å²) in [4.78, 5) is 25.4. The number of fused-ring (bicyclic) bond motifs is 5. The van der Waals surface area contributed by atoms with E-state index in [0.717, 1.165) is 37.8 Å². The molecule has 0 saturated heterocycles. The highest BCUT2D eigenvalue weighted by atomic mass is 16.1. The van der Waals surface area contributed by atoms with Crippen LogP contribution in [-0.2, 0) is 9.59 Å². The third-order valence-electron chi connectivity index (χ3n) is 7.40. The number of allylic oxidation sites excluding steroid dienone is 2. The summed E-state index contributed by atoms with van der Waals surface area (Å²) in [5, 5.41) is 7.95. The minimum atomic E-state index is -0.378. The maximum atomic E-state index is 13.0.